The van der Waals surface area contributed by atoms with Crippen LogP contribution in [-0.4, -0.2) is 32.0 Å². The summed E-state index contributed by atoms with van der Waals surface area (Å²) in [6, 6.07) is 4.35. The van der Waals surface area contributed by atoms with E-state index in [2.05, 4.69) is 4.72 Å². The fraction of sp³-hybridized carbons (Fsp3) is 0.500. The smallest absolute Gasteiger partial charge is 0.212 e. The third-order valence-electron chi connectivity index (χ3n) is 2.60. The van der Waals surface area contributed by atoms with Crippen molar-refractivity contribution in [3.63, 3.8) is 0 Å². The van der Waals surface area contributed by atoms with Gasteiger partial charge < -0.3 is 5.11 Å². The second-order valence-corrected chi connectivity index (χ2v) is 6.14. The van der Waals surface area contributed by atoms with Crippen LogP contribution >= 0.6 is 0 Å². The normalized spacial score (nSPS) is 15.2. The molecule has 0 aliphatic heterocycles. The number of alkyl halides is 1. The third-order valence-corrected chi connectivity index (χ3v) is 4.15. The van der Waals surface area contributed by atoms with E-state index in [0.717, 1.165) is 0 Å². The molecule has 108 valence electrons. The number of hydrogen-bond donors (Lipinski definition) is 2. The van der Waals surface area contributed by atoms with Gasteiger partial charge in [-0.3, -0.25) is 4.39 Å². The molecule has 2 unspecified atom stereocenters. The van der Waals surface area contributed by atoms with E-state index < -0.39 is 34.7 Å². The van der Waals surface area contributed by atoms with Gasteiger partial charge in [-0.25, -0.2) is 17.5 Å². The second-order valence-electron chi connectivity index (χ2n) is 4.26. The van der Waals surface area contributed by atoms with Crippen LogP contribution in [0.3, 0.4) is 0 Å². The van der Waals surface area contributed by atoms with Gasteiger partial charge in [0.1, 0.15) is 5.82 Å². The molecule has 1 aromatic rings. The molecule has 7 heteroatoms. The molecule has 1 rings (SSSR count). The first kappa shape index (κ1) is 16.0. The van der Waals surface area contributed by atoms with Crippen molar-refractivity contribution < 1.29 is 22.3 Å². The summed E-state index contributed by atoms with van der Waals surface area (Å²) in [4.78, 5) is 0. The molecule has 0 aliphatic rings. The molecule has 0 radical (unpaired) electrons. The van der Waals surface area contributed by atoms with Crippen molar-refractivity contribution in [1.82, 2.24) is 4.72 Å². The molecule has 1 aromatic carbocycles. The largest absolute Gasteiger partial charge is 0.387 e. The van der Waals surface area contributed by atoms with Gasteiger partial charge in [-0.2, -0.15) is 0 Å². The number of aliphatic hydroxyl groups excluding tert-OH is 1. The van der Waals surface area contributed by atoms with E-state index in [-0.39, 0.29) is 12.2 Å². The molecule has 0 bridgehead atoms. The maximum absolute atomic E-state index is 12.7. The van der Waals surface area contributed by atoms with Gasteiger partial charge >= 0.3 is 0 Å². The molecule has 0 fully saturated rings. The minimum absolute atomic E-state index is 0.0886. The molecule has 0 saturated carbocycles. The summed E-state index contributed by atoms with van der Waals surface area (Å²) in [5.74, 6) is -0.767. The standard InChI is InChI=1S/C12H17F2NO3S/c1-9(15-19(17,18)8-2-7-13)12(16)10-3-5-11(14)6-4-10/h3-6,9,12,15-16H,2,7-8H2,1H3. The van der Waals surface area contributed by atoms with Crippen molar-refractivity contribution in [2.24, 2.45) is 0 Å². The Bertz CT molecular complexity index is 490. The number of aliphatic hydroxyl groups is 1. The summed E-state index contributed by atoms with van der Waals surface area (Å²) in [7, 11) is -3.63. The van der Waals surface area contributed by atoms with Crippen molar-refractivity contribution in [3.05, 3.63) is 35.6 Å². The van der Waals surface area contributed by atoms with E-state index in [1.54, 1.807) is 0 Å². The van der Waals surface area contributed by atoms with E-state index in [1.165, 1.54) is 31.2 Å². The lowest BCUT2D eigenvalue weighted by atomic mass is 10.0. The summed E-state index contributed by atoms with van der Waals surface area (Å²) >= 11 is 0. The number of benzene rings is 1. The lowest BCUT2D eigenvalue weighted by Crippen LogP contribution is -2.38. The monoisotopic (exact) mass is 293 g/mol. The Morgan fingerprint density at radius 2 is 1.89 bits per heavy atom. The van der Waals surface area contributed by atoms with Crippen LogP contribution in [0.2, 0.25) is 0 Å². The van der Waals surface area contributed by atoms with E-state index in [4.69, 9.17) is 0 Å². The zero-order valence-electron chi connectivity index (χ0n) is 10.5. The van der Waals surface area contributed by atoms with Crippen LogP contribution < -0.4 is 4.72 Å². The van der Waals surface area contributed by atoms with Crippen molar-refractivity contribution in [1.29, 1.82) is 0 Å². The first-order chi connectivity index (χ1) is 8.85. The predicted molar refractivity (Wildman–Crippen MR) is 68.3 cm³/mol. The van der Waals surface area contributed by atoms with Crippen LogP contribution in [0.1, 0.15) is 25.0 Å². The van der Waals surface area contributed by atoms with Gasteiger partial charge in [0.2, 0.25) is 10.0 Å². The Hall–Kier alpha value is -1.05. The summed E-state index contributed by atoms with van der Waals surface area (Å²) in [6.45, 7) is 0.775. The Morgan fingerprint density at radius 3 is 2.42 bits per heavy atom. The Morgan fingerprint density at radius 1 is 1.32 bits per heavy atom. The maximum Gasteiger partial charge on any atom is 0.212 e. The van der Waals surface area contributed by atoms with Gasteiger partial charge in [0, 0.05) is 6.04 Å². The van der Waals surface area contributed by atoms with Crippen LogP contribution in [-0.2, 0) is 10.0 Å². The van der Waals surface area contributed by atoms with Crippen LogP contribution in [0, 0.1) is 5.82 Å². The fourth-order valence-electron chi connectivity index (χ4n) is 1.60. The number of nitrogens with one attached hydrogen (secondary N) is 1. The number of rotatable bonds is 7. The van der Waals surface area contributed by atoms with Gasteiger partial charge in [-0.05, 0) is 31.0 Å². The highest BCUT2D eigenvalue weighted by molar-refractivity contribution is 7.89. The Kier molecular flexibility index (Phi) is 5.84. The van der Waals surface area contributed by atoms with Crippen molar-refractivity contribution in [2.75, 3.05) is 12.4 Å². The molecular formula is C12H17F2NO3S. The fourth-order valence-corrected chi connectivity index (χ4v) is 2.90. The molecule has 2 atom stereocenters. The first-order valence-corrected chi connectivity index (χ1v) is 7.50. The average molecular weight is 293 g/mol. The van der Waals surface area contributed by atoms with Crippen molar-refractivity contribution >= 4 is 10.0 Å². The number of halogens is 2. The summed E-state index contributed by atoms with van der Waals surface area (Å²) in [6.07, 6.45) is -1.19. The van der Waals surface area contributed by atoms with Crippen molar-refractivity contribution in [2.45, 2.75) is 25.5 Å². The Labute approximate surface area is 111 Å². The maximum atomic E-state index is 12.7. The molecule has 0 amide bonds. The SMILES string of the molecule is CC(NS(=O)(=O)CCCF)C(O)c1ccc(F)cc1. The zero-order valence-corrected chi connectivity index (χ0v) is 11.3. The highest BCUT2D eigenvalue weighted by atomic mass is 32.2. The van der Waals surface area contributed by atoms with Gasteiger partial charge in [0.15, 0.2) is 0 Å². The van der Waals surface area contributed by atoms with Gasteiger partial charge in [0.25, 0.3) is 0 Å². The highest BCUT2D eigenvalue weighted by Gasteiger charge is 2.21. The highest BCUT2D eigenvalue weighted by Crippen LogP contribution is 2.17. The molecule has 0 aliphatic carbocycles. The summed E-state index contributed by atoms with van der Waals surface area (Å²) in [5.41, 5.74) is 0.405. The molecule has 0 spiro atoms. The predicted octanol–water partition coefficient (Wildman–Crippen LogP) is 1.53. The zero-order chi connectivity index (χ0) is 14.5. The second kappa shape index (κ2) is 6.93. The number of sulfonamides is 1. The molecule has 0 heterocycles. The van der Waals surface area contributed by atoms with E-state index >= 15 is 0 Å². The minimum atomic E-state index is -3.63. The minimum Gasteiger partial charge on any atom is -0.387 e. The van der Waals surface area contributed by atoms with Crippen LogP contribution in [0.4, 0.5) is 8.78 Å². The lowest BCUT2D eigenvalue weighted by molar-refractivity contribution is 0.146. The quantitative estimate of drug-likeness (QED) is 0.801. The first-order valence-electron chi connectivity index (χ1n) is 5.85. The topological polar surface area (TPSA) is 66.4 Å². The van der Waals surface area contributed by atoms with Gasteiger partial charge in [-0.15, -0.1) is 0 Å². The van der Waals surface area contributed by atoms with Crippen LogP contribution in [0.15, 0.2) is 24.3 Å². The van der Waals surface area contributed by atoms with Gasteiger partial charge in [0.05, 0.1) is 18.5 Å². The molecule has 0 aromatic heterocycles. The van der Waals surface area contributed by atoms with Gasteiger partial charge in [-0.1, -0.05) is 12.1 Å². The molecule has 4 nitrogen and oxygen atoms in total. The van der Waals surface area contributed by atoms with Crippen molar-refractivity contribution in [3.8, 4) is 0 Å². The van der Waals surface area contributed by atoms with E-state index in [9.17, 15) is 22.3 Å². The van der Waals surface area contributed by atoms with Crippen LogP contribution in [0.5, 0.6) is 0 Å². The average Bonchev–Trinajstić information content (AvgIpc) is 2.36. The third kappa shape index (κ3) is 5.22. The number of hydrogen-bond acceptors (Lipinski definition) is 3. The molecule has 0 saturated heterocycles. The Balaban J connectivity index is 2.67. The molecular weight excluding hydrogens is 276 g/mol. The van der Waals surface area contributed by atoms with E-state index in [1.807, 2.05) is 0 Å². The molecule has 2 N–H and O–H groups in total. The lowest BCUT2D eigenvalue weighted by Gasteiger charge is -2.20. The van der Waals surface area contributed by atoms with Crippen LogP contribution in [0.25, 0.3) is 0 Å². The molecule has 19 heavy (non-hydrogen) atoms. The summed E-state index contributed by atoms with van der Waals surface area (Å²) in [5, 5.41) is 9.95. The summed E-state index contributed by atoms with van der Waals surface area (Å²) < 4.78 is 50.0. The van der Waals surface area contributed by atoms with E-state index in [0.29, 0.717) is 5.56 Å².